The van der Waals surface area contributed by atoms with E-state index in [1.54, 1.807) is 6.92 Å². The van der Waals surface area contributed by atoms with Crippen molar-refractivity contribution in [2.75, 3.05) is 19.8 Å². The van der Waals surface area contributed by atoms with E-state index in [2.05, 4.69) is 24.5 Å². The molecule has 0 aliphatic rings. The molecule has 106 valence electrons. The van der Waals surface area contributed by atoms with Gasteiger partial charge in [0.05, 0.1) is 6.42 Å². The second-order valence-electron chi connectivity index (χ2n) is 4.72. The van der Waals surface area contributed by atoms with Crippen LogP contribution in [0.15, 0.2) is 0 Å². The maximum absolute atomic E-state index is 11.3. The molecular weight excluding hydrogens is 236 g/mol. The lowest BCUT2D eigenvalue weighted by molar-refractivity contribution is -0.137. The Balaban J connectivity index is 3.45. The SMILES string of the molecule is CC(C)COCCCNC(=O)NC(C)CC(=O)O. The van der Waals surface area contributed by atoms with E-state index in [9.17, 15) is 9.59 Å². The monoisotopic (exact) mass is 260 g/mol. The van der Waals surface area contributed by atoms with Crippen LogP contribution < -0.4 is 10.6 Å². The minimum absolute atomic E-state index is 0.0785. The molecule has 6 heteroatoms. The summed E-state index contributed by atoms with van der Waals surface area (Å²) in [6.07, 6.45) is 0.665. The fourth-order valence-electron chi connectivity index (χ4n) is 1.28. The van der Waals surface area contributed by atoms with Crippen molar-refractivity contribution in [2.24, 2.45) is 5.92 Å². The van der Waals surface area contributed by atoms with Crippen LogP contribution in [0, 0.1) is 5.92 Å². The van der Waals surface area contributed by atoms with E-state index in [0.29, 0.717) is 19.1 Å². The van der Waals surface area contributed by atoms with Gasteiger partial charge < -0.3 is 20.5 Å². The molecule has 0 spiro atoms. The topological polar surface area (TPSA) is 87.7 Å². The molecule has 0 aromatic heterocycles. The quantitative estimate of drug-likeness (QED) is 0.544. The third-order valence-electron chi connectivity index (χ3n) is 2.06. The molecule has 0 aromatic rings. The summed E-state index contributed by atoms with van der Waals surface area (Å²) in [6, 6.07) is -0.715. The first kappa shape index (κ1) is 16.7. The third kappa shape index (κ3) is 11.2. The molecule has 0 bridgehead atoms. The molecule has 0 heterocycles. The highest BCUT2D eigenvalue weighted by Gasteiger charge is 2.09. The summed E-state index contributed by atoms with van der Waals surface area (Å²) in [6.45, 7) is 7.67. The maximum atomic E-state index is 11.3. The van der Waals surface area contributed by atoms with Crippen molar-refractivity contribution in [3.63, 3.8) is 0 Å². The molecule has 0 rings (SSSR count). The molecule has 0 saturated heterocycles. The molecule has 0 radical (unpaired) electrons. The smallest absolute Gasteiger partial charge is 0.315 e. The number of carboxylic acid groups (broad SMARTS) is 1. The average molecular weight is 260 g/mol. The predicted octanol–water partition coefficient (Wildman–Crippen LogP) is 1.21. The minimum Gasteiger partial charge on any atom is -0.481 e. The Kier molecular flexibility index (Phi) is 9.00. The van der Waals surface area contributed by atoms with Gasteiger partial charge in [0.2, 0.25) is 0 Å². The molecule has 0 aliphatic heterocycles. The molecule has 0 saturated carbocycles. The van der Waals surface area contributed by atoms with E-state index < -0.39 is 5.97 Å². The fraction of sp³-hybridized carbons (Fsp3) is 0.833. The molecule has 0 aliphatic carbocycles. The van der Waals surface area contributed by atoms with Gasteiger partial charge in [-0.05, 0) is 19.3 Å². The molecular formula is C12H24N2O4. The van der Waals surface area contributed by atoms with E-state index in [0.717, 1.165) is 13.0 Å². The van der Waals surface area contributed by atoms with Crippen molar-refractivity contribution in [1.29, 1.82) is 0 Å². The van der Waals surface area contributed by atoms with Crippen LogP contribution in [0.1, 0.15) is 33.6 Å². The van der Waals surface area contributed by atoms with Gasteiger partial charge in [0.15, 0.2) is 0 Å². The van der Waals surface area contributed by atoms with Crippen LogP contribution >= 0.6 is 0 Å². The molecule has 18 heavy (non-hydrogen) atoms. The second-order valence-corrected chi connectivity index (χ2v) is 4.72. The van der Waals surface area contributed by atoms with Crippen molar-refractivity contribution >= 4 is 12.0 Å². The number of nitrogens with one attached hydrogen (secondary N) is 2. The van der Waals surface area contributed by atoms with Crippen LogP contribution in [0.3, 0.4) is 0 Å². The van der Waals surface area contributed by atoms with Gasteiger partial charge in [0.25, 0.3) is 0 Å². The van der Waals surface area contributed by atoms with Gasteiger partial charge in [-0.3, -0.25) is 4.79 Å². The molecule has 0 fully saturated rings. The van der Waals surface area contributed by atoms with Gasteiger partial charge >= 0.3 is 12.0 Å². The van der Waals surface area contributed by atoms with Crippen molar-refractivity contribution in [2.45, 2.75) is 39.7 Å². The summed E-state index contributed by atoms with van der Waals surface area (Å²) in [5, 5.41) is 13.7. The number of aliphatic carboxylic acids is 1. The van der Waals surface area contributed by atoms with Crippen LogP contribution in [0.5, 0.6) is 0 Å². The summed E-state index contributed by atoms with van der Waals surface area (Å²) < 4.78 is 5.36. The Labute approximate surface area is 108 Å². The number of carboxylic acids is 1. The number of hydrogen-bond acceptors (Lipinski definition) is 3. The van der Waals surface area contributed by atoms with Crippen molar-refractivity contribution in [3.8, 4) is 0 Å². The average Bonchev–Trinajstić information content (AvgIpc) is 2.21. The number of ether oxygens (including phenoxy) is 1. The third-order valence-corrected chi connectivity index (χ3v) is 2.06. The first-order valence-corrected chi connectivity index (χ1v) is 6.25. The molecule has 6 nitrogen and oxygen atoms in total. The predicted molar refractivity (Wildman–Crippen MR) is 68.5 cm³/mol. The van der Waals surface area contributed by atoms with E-state index >= 15 is 0 Å². The Bertz CT molecular complexity index is 256. The van der Waals surface area contributed by atoms with Gasteiger partial charge in [0, 0.05) is 25.8 Å². The Morgan fingerprint density at radius 1 is 1.28 bits per heavy atom. The second kappa shape index (κ2) is 9.70. The van der Waals surface area contributed by atoms with E-state index in [1.165, 1.54) is 0 Å². The fourth-order valence-corrected chi connectivity index (χ4v) is 1.28. The van der Waals surface area contributed by atoms with Gasteiger partial charge in [-0.25, -0.2) is 4.79 Å². The van der Waals surface area contributed by atoms with Gasteiger partial charge in [0.1, 0.15) is 0 Å². The molecule has 1 atom stereocenters. The Morgan fingerprint density at radius 3 is 2.50 bits per heavy atom. The zero-order chi connectivity index (χ0) is 14.0. The molecule has 2 amide bonds. The highest BCUT2D eigenvalue weighted by Crippen LogP contribution is 1.93. The largest absolute Gasteiger partial charge is 0.481 e. The maximum Gasteiger partial charge on any atom is 0.315 e. The summed E-state index contributed by atoms with van der Waals surface area (Å²) in [5.41, 5.74) is 0. The molecule has 1 unspecified atom stereocenters. The van der Waals surface area contributed by atoms with E-state index in [1.807, 2.05) is 0 Å². The lowest BCUT2D eigenvalue weighted by Gasteiger charge is -2.12. The van der Waals surface area contributed by atoms with Crippen molar-refractivity contribution in [1.82, 2.24) is 10.6 Å². The van der Waals surface area contributed by atoms with Crippen molar-refractivity contribution < 1.29 is 19.4 Å². The van der Waals surface area contributed by atoms with Crippen LogP contribution in [-0.4, -0.2) is 42.9 Å². The Morgan fingerprint density at radius 2 is 1.94 bits per heavy atom. The van der Waals surface area contributed by atoms with Crippen LogP contribution in [0.25, 0.3) is 0 Å². The Hall–Kier alpha value is -1.30. The summed E-state index contributed by atoms with van der Waals surface area (Å²) in [5.74, 6) is -0.414. The van der Waals surface area contributed by atoms with Crippen LogP contribution in [0.2, 0.25) is 0 Å². The minimum atomic E-state index is -0.926. The first-order chi connectivity index (χ1) is 8.41. The lowest BCUT2D eigenvalue weighted by Crippen LogP contribution is -2.42. The normalized spacial score (nSPS) is 12.2. The standard InChI is InChI=1S/C12H24N2O4/c1-9(2)8-18-6-4-5-13-12(17)14-10(3)7-11(15)16/h9-10H,4-8H2,1-3H3,(H,15,16)(H2,13,14,17). The van der Waals surface area contributed by atoms with Gasteiger partial charge in [-0.1, -0.05) is 13.8 Å². The summed E-state index contributed by atoms with van der Waals surface area (Å²) in [7, 11) is 0. The van der Waals surface area contributed by atoms with E-state index in [4.69, 9.17) is 9.84 Å². The number of carbonyl (C=O) groups is 2. The number of hydrogen-bond donors (Lipinski definition) is 3. The summed E-state index contributed by atoms with van der Waals surface area (Å²) in [4.78, 5) is 21.7. The zero-order valence-electron chi connectivity index (χ0n) is 11.4. The lowest BCUT2D eigenvalue weighted by atomic mass is 10.2. The number of rotatable bonds is 9. The van der Waals surface area contributed by atoms with Crippen molar-refractivity contribution in [3.05, 3.63) is 0 Å². The van der Waals surface area contributed by atoms with Crippen LogP contribution in [0.4, 0.5) is 4.79 Å². The zero-order valence-corrected chi connectivity index (χ0v) is 11.4. The molecule has 0 aromatic carbocycles. The summed E-state index contributed by atoms with van der Waals surface area (Å²) >= 11 is 0. The first-order valence-electron chi connectivity index (χ1n) is 6.25. The van der Waals surface area contributed by atoms with E-state index in [-0.39, 0.29) is 18.5 Å². The van der Waals surface area contributed by atoms with Gasteiger partial charge in [-0.2, -0.15) is 0 Å². The highest BCUT2D eigenvalue weighted by molar-refractivity contribution is 5.75. The number of carbonyl (C=O) groups excluding carboxylic acids is 1. The number of amides is 2. The van der Waals surface area contributed by atoms with Gasteiger partial charge in [-0.15, -0.1) is 0 Å². The van der Waals surface area contributed by atoms with Crippen LogP contribution in [-0.2, 0) is 9.53 Å². The molecule has 3 N–H and O–H groups in total. The highest BCUT2D eigenvalue weighted by atomic mass is 16.5. The number of urea groups is 1.